The van der Waals surface area contributed by atoms with Gasteiger partial charge in [-0.25, -0.2) is 8.42 Å². The molecule has 2 aromatic rings. The summed E-state index contributed by atoms with van der Waals surface area (Å²) in [5.41, 5.74) is 1.30. The van der Waals surface area contributed by atoms with Crippen LogP contribution >= 0.6 is 11.6 Å². The number of nitrogens with zero attached hydrogens (tertiary/aromatic N) is 1. The van der Waals surface area contributed by atoms with Gasteiger partial charge < -0.3 is 10.1 Å². The molecular formula is C20H25ClN2O4S. The highest BCUT2D eigenvalue weighted by atomic mass is 35.5. The number of rotatable bonds is 8. The standard InChI is InChI=1S/C20H25ClN2O4S/c1-5-19(15-6-12-18(27-3)13-7-15)22-20(24)14(2)23(28(4,25)26)17-10-8-16(21)9-11-17/h6-14,19H,5H2,1-4H3,(H,22,24)/t14-,19-/m0/s1. The monoisotopic (exact) mass is 424 g/mol. The van der Waals surface area contributed by atoms with Crippen LogP contribution in [0.3, 0.4) is 0 Å². The van der Waals surface area contributed by atoms with Crippen molar-refractivity contribution >= 4 is 33.2 Å². The zero-order chi connectivity index (χ0) is 20.9. The van der Waals surface area contributed by atoms with Gasteiger partial charge >= 0.3 is 0 Å². The van der Waals surface area contributed by atoms with Crippen molar-refractivity contribution in [1.82, 2.24) is 5.32 Å². The molecule has 1 N–H and O–H groups in total. The molecular weight excluding hydrogens is 400 g/mol. The minimum Gasteiger partial charge on any atom is -0.497 e. The third-order valence-electron chi connectivity index (χ3n) is 4.41. The second-order valence-corrected chi connectivity index (χ2v) is 8.75. The first-order valence-electron chi connectivity index (χ1n) is 8.86. The number of halogens is 1. The van der Waals surface area contributed by atoms with Crippen LogP contribution in [0.15, 0.2) is 48.5 Å². The van der Waals surface area contributed by atoms with Gasteiger partial charge in [0.25, 0.3) is 0 Å². The number of anilines is 1. The van der Waals surface area contributed by atoms with Gasteiger partial charge in [0.15, 0.2) is 0 Å². The Morgan fingerprint density at radius 2 is 1.71 bits per heavy atom. The number of benzene rings is 2. The van der Waals surface area contributed by atoms with E-state index in [-0.39, 0.29) is 11.9 Å². The van der Waals surface area contributed by atoms with Gasteiger partial charge in [0.1, 0.15) is 11.8 Å². The summed E-state index contributed by atoms with van der Waals surface area (Å²) in [6.07, 6.45) is 1.73. The molecule has 0 fully saturated rings. The molecule has 0 saturated heterocycles. The van der Waals surface area contributed by atoms with Crippen LogP contribution in [0.25, 0.3) is 0 Å². The fourth-order valence-electron chi connectivity index (χ4n) is 2.95. The van der Waals surface area contributed by atoms with E-state index in [1.165, 1.54) is 0 Å². The van der Waals surface area contributed by atoms with Gasteiger partial charge in [-0.2, -0.15) is 0 Å². The maximum atomic E-state index is 12.9. The molecule has 0 bridgehead atoms. The molecule has 8 heteroatoms. The molecule has 0 heterocycles. The van der Waals surface area contributed by atoms with E-state index in [2.05, 4.69) is 5.32 Å². The highest BCUT2D eigenvalue weighted by Crippen LogP contribution is 2.24. The predicted octanol–water partition coefficient (Wildman–Crippen LogP) is 3.77. The van der Waals surface area contributed by atoms with E-state index in [4.69, 9.17) is 16.3 Å². The summed E-state index contributed by atoms with van der Waals surface area (Å²) in [5, 5.41) is 3.43. The first kappa shape index (κ1) is 22.0. The first-order valence-corrected chi connectivity index (χ1v) is 11.1. The predicted molar refractivity (Wildman–Crippen MR) is 112 cm³/mol. The van der Waals surface area contributed by atoms with Crippen molar-refractivity contribution in [3.8, 4) is 5.75 Å². The molecule has 0 unspecified atom stereocenters. The van der Waals surface area contributed by atoms with Crippen LogP contribution < -0.4 is 14.4 Å². The van der Waals surface area contributed by atoms with Crippen molar-refractivity contribution in [3.63, 3.8) is 0 Å². The summed E-state index contributed by atoms with van der Waals surface area (Å²) in [4.78, 5) is 12.9. The average Bonchev–Trinajstić information content (AvgIpc) is 2.66. The van der Waals surface area contributed by atoms with Crippen molar-refractivity contribution in [3.05, 3.63) is 59.1 Å². The Balaban J connectivity index is 2.24. The molecule has 0 aliphatic rings. The highest BCUT2D eigenvalue weighted by Gasteiger charge is 2.30. The summed E-state index contributed by atoms with van der Waals surface area (Å²) in [7, 11) is -2.09. The Morgan fingerprint density at radius 1 is 1.14 bits per heavy atom. The van der Waals surface area contributed by atoms with Crippen LogP contribution in [-0.2, 0) is 14.8 Å². The van der Waals surface area contributed by atoms with Gasteiger partial charge in [0.2, 0.25) is 15.9 Å². The molecule has 0 radical (unpaired) electrons. The van der Waals surface area contributed by atoms with E-state index in [0.717, 1.165) is 21.9 Å². The largest absolute Gasteiger partial charge is 0.497 e. The number of carbonyl (C=O) groups is 1. The van der Waals surface area contributed by atoms with E-state index < -0.39 is 16.1 Å². The minimum absolute atomic E-state index is 0.243. The highest BCUT2D eigenvalue weighted by molar-refractivity contribution is 7.92. The number of nitrogens with one attached hydrogen (secondary N) is 1. The summed E-state index contributed by atoms with van der Waals surface area (Å²) < 4.78 is 31.0. The van der Waals surface area contributed by atoms with Crippen LogP contribution in [0.1, 0.15) is 31.9 Å². The van der Waals surface area contributed by atoms with Crippen LogP contribution in [-0.4, -0.2) is 33.7 Å². The number of carbonyl (C=O) groups excluding carboxylic acids is 1. The van der Waals surface area contributed by atoms with E-state index in [1.807, 2.05) is 31.2 Å². The van der Waals surface area contributed by atoms with Gasteiger partial charge in [-0.15, -0.1) is 0 Å². The number of methoxy groups -OCH3 is 1. The molecule has 2 aromatic carbocycles. The summed E-state index contributed by atoms with van der Waals surface area (Å²) >= 11 is 5.89. The number of hydrogen-bond acceptors (Lipinski definition) is 4. The van der Waals surface area contributed by atoms with Gasteiger partial charge in [0, 0.05) is 5.02 Å². The molecule has 2 atom stereocenters. The SMILES string of the molecule is CC[C@H](NC(=O)[C@H](C)N(c1ccc(Cl)cc1)S(C)(=O)=O)c1ccc(OC)cc1. The third kappa shape index (κ3) is 5.39. The maximum absolute atomic E-state index is 12.9. The maximum Gasteiger partial charge on any atom is 0.244 e. The van der Waals surface area contributed by atoms with Crippen molar-refractivity contribution in [2.24, 2.45) is 0 Å². The molecule has 0 saturated carbocycles. The lowest BCUT2D eigenvalue weighted by atomic mass is 10.0. The van der Waals surface area contributed by atoms with E-state index in [0.29, 0.717) is 17.1 Å². The Bertz CT molecular complexity index is 899. The lowest BCUT2D eigenvalue weighted by Crippen LogP contribution is -2.48. The third-order valence-corrected chi connectivity index (χ3v) is 5.91. The molecule has 0 spiro atoms. The minimum atomic E-state index is -3.68. The number of sulfonamides is 1. The Labute approximate surface area is 171 Å². The van der Waals surface area contributed by atoms with Crippen molar-refractivity contribution in [1.29, 1.82) is 0 Å². The quantitative estimate of drug-likeness (QED) is 0.699. The number of ether oxygens (including phenoxy) is 1. The molecule has 152 valence electrons. The lowest BCUT2D eigenvalue weighted by Gasteiger charge is -2.29. The van der Waals surface area contributed by atoms with Crippen LogP contribution in [0.5, 0.6) is 5.75 Å². The number of amides is 1. The molecule has 2 rings (SSSR count). The second-order valence-electron chi connectivity index (χ2n) is 6.45. The van der Waals surface area contributed by atoms with Gasteiger partial charge in [0.05, 0.1) is 25.1 Å². The van der Waals surface area contributed by atoms with Gasteiger partial charge in [-0.3, -0.25) is 9.10 Å². The summed E-state index contributed by atoms with van der Waals surface area (Å²) in [6.45, 7) is 3.51. The Hall–Kier alpha value is -2.25. The number of hydrogen-bond donors (Lipinski definition) is 1. The molecule has 1 amide bonds. The fourth-order valence-corrected chi connectivity index (χ4v) is 4.25. The molecule has 0 aliphatic heterocycles. The van der Waals surface area contributed by atoms with E-state index in [9.17, 15) is 13.2 Å². The molecule has 0 aromatic heterocycles. The average molecular weight is 425 g/mol. The topological polar surface area (TPSA) is 75.7 Å². The van der Waals surface area contributed by atoms with Crippen LogP contribution in [0, 0.1) is 0 Å². The molecule has 6 nitrogen and oxygen atoms in total. The smallest absolute Gasteiger partial charge is 0.244 e. The zero-order valence-electron chi connectivity index (χ0n) is 16.3. The molecule has 28 heavy (non-hydrogen) atoms. The Kier molecular flexibility index (Phi) is 7.32. The first-order chi connectivity index (χ1) is 13.2. The van der Waals surface area contributed by atoms with Crippen molar-refractivity contribution in [2.75, 3.05) is 17.7 Å². The summed E-state index contributed by atoms with van der Waals surface area (Å²) in [6, 6.07) is 12.6. The van der Waals surface area contributed by atoms with Crippen molar-refractivity contribution in [2.45, 2.75) is 32.4 Å². The summed E-state index contributed by atoms with van der Waals surface area (Å²) in [5.74, 6) is 0.340. The van der Waals surface area contributed by atoms with E-state index in [1.54, 1.807) is 38.3 Å². The fraction of sp³-hybridized carbons (Fsp3) is 0.350. The van der Waals surface area contributed by atoms with Crippen LogP contribution in [0.2, 0.25) is 5.02 Å². The second kappa shape index (κ2) is 9.30. The van der Waals surface area contributed by atoms with Crippen molar-refractivity contribution < 1.29 is 17.9 Å². The van der Waals surface area contributed by atoms with Gasteiger partial charge in [-0.1, -0.05) is 30.7 Å². The van der Waals surface area contributed by atoms with E-state index >= 15 is 0 Å². The van der Waals surface area contributed by atoms with Gasteiger partial charge in [-0.05, 0) is 55.3 Å². The zero-order valence-corrected chi connectivity index (χ0v) is 17.9. The lowest BCUT2D eigenvalue weighted by molar-refractivity contribution is -0.122. The Morgan fingerprint density at radius 3 is 2.18 bits per heavy atom. The normalized spacial score (nSPS) is 13.5. The van der Waals surface area contributed by atoms with Crippen LogP contribution in [0.4, 0.5) is 5.69 Å². The molecule has 0 aliphatic carbocycles.